The second-order valence-electron chi connectivity index (χ2n) is 4.06. The van der Waals surface area contributed by atoms with Gasteiger partial charge in [-0.25, -0.2) is 9.37 Å². The van der Waals surface area contributed by atoms with Crippen molar-refractivity contribution in [2.24, 2.45) is 0 Å². The van der Waals surface area contributed by atoms with Crippen LogP contribution >= 0.6 is 0 Å². The first-order valence-electron chi connectivity index (χ1n) is 5.67. The SMILES string of the molecule is Cc1ccc(CNCCn2ccnc2)cc1F. The molecule has 1 aromatic heterocycles. The minimum absolute atomic E-state index is 0.140. The zero-order valence-corrected chi connectivity index (χ0v) is 9.86. The molecule has 4 heteroatoms. The Hall–Kier alpha value is -1.68. The van der Waals surface area contributed by atoms with Gasteiger partial charge in [0, 0.05) is 32.0 Å². The average molecular weight is 233 g/mol. The van der Waals surface area contributed by atoms with Crippen LogP contribution in [0.15, 0.2) is 36.9 Å². The lowest BCUT2D eigenvalue weighted by atomic mass is 10.1. The summed E-state index contributed by atoms with van der Waals surface area (Å²) in [5.74, 6) is -0.140. The van der Waals surface area contributed by atoms with Crippen LogP contribution in [-0.4, -0.2) is 16.1 Å². The van der Waals surface area contributed by atoms with E-state index in [0.29, 0.717) is 12.1 Å². The fourth-order valence-corrected chi connectivity index (χ4v) is 1.61. The van der Waals surface area contributed by atoms with Crippen LogP contribution in [0.4, 0.5) is 4.39 Å². The third-order valence-electron chi connectivity index (χ3n) is 2.67. The topological polar surface area (TPSA) is 29.9 Å². The highest BCUT2D eigenvalue weighted by Crippen LogP contribution is 2.08. The van der Waals surface area contributed by atoms with Gasteiger partial charge >= 0.3 is 0 Å². The largest absolute Gasteiger partial charge is 0.336 e. The van der Waals surface area contributed by atoms with Crippen LogP contribution < -0.4 is 5.32 Å². The van der Waals surface area contributed by atoms with Crippen molar-refractivity contribution in [2.75, 3.05) is 6.54 Å². The summed E-state index contributed by atoms with van der Waals surface area (Å²) in [4.78, 5) is 3.97. The molecule has 1 N–H and O–H groups in total. The van der Waals surface area contributed by atoms with Gasteiger partial charge in [-0.1, -0.05) is 12.1 Å². The molecule has 2 aromatic rings. The van der Waals surface area contributed by atoms with Gasteiger partial charge in [0.25, 0.3) is 0 Å². The van der Waals surface area contributed by atoms with E-state index >= 15 is 0 Å². The molecule has 0 atom stereocenters. The average Bonchev–Trinajstić information content (AvgIpc) is 2.82. The molecule has 3 nitrogen and oxygen atoms in total. The Balaban J connectivity index is 1.76. The smallest absolute Gasteiger partial charge is 0.126 e. The van der Waals surface area contributed by atoms with Crippen molar-refractivity contribution in [3.63, 3.8) is 0 Å². The van der Waals surface area contributed by atoms with E-state index in [9.17, 15) is 4.39 Å². The van der Waals surface area contributed by atoms with E-state index in [0.717, 1.165) is 18.7 Å². The molecule has 1 aromatic carbocycles. The predicted octanol–water partition coefficient (Wildman–Crippen LogP) is 2.12. The second-order valence-corrected chi connectivity index (χ2v) is 4.06. The molecule has 0 saturated heterocycles. The van der Waals surface area contributed by atoms with E-state index < -0.39 is 0 Å². The summed E-state index contributed by atoms with van der Waals surface area (Å²) in [5, 5.41) is 3.27. The van der Waals surface area contributed by atoms with Crippen molar-refractivity contribution in [3.05, 3.63) is 53.9 Å². The molecule has 0 fully saturated rings. The number of rotatable bonds is 5. The maximum absolute atomic E-state index is 13.3. The van der Waals surface area contributed by atoms with Crippen LogP contribution in [0.5, 0.6) is 0 Å². The molecule has 0 unspecified atom stereocenters. The first-order chi connectivity index (χ1) is 8.25. The number of benzene rings is 1. The first-order valence-corrected chi connectivity index (χ1v) is 5.67. The summed E-state index contributed by atoms with van der Waals surface area (Å²) in [6, 6.07) is 5.34. The van der Waals surface area contributed by atoms with E-state index in [1.807, 2.05) is 22.9 Å². The van der Waals surface area contributed by atoms with E-state index in [2.05, 4.69) is 10.3 Å². The quantitative estimate of drug-likeness (QED) is 0.802. The van der Waals surface area contributed by atoms with Crippen molar-refractivity contribution in [3.8, 4) is 0 Å². The Morgan fingerprint density at radius 2 is 2.29 bits per heavy atom. The molecule has 0 aliphatic carbocycles. The molecule has 0 saturated carbocycles. The standard InChI is InChI=1S/C13H16FN3/c1-11-2-3-12(8-13(11)14)9-15-4-6-17-7-5-16-10-17/h2-3,5,7-8,10,15H,4,6,9H2,1H3. The van der Waals surface area contributed by atoms with Crippen molar-refractivity contribution >= 4 is 0 Å². The molecule has 0 spiro atoms. The lowest BCUT2D eigenvalue weighted by Gasteiger charge is -2.06. The Labute approximate surface area is 100 Å². The minimum atomic E-state index is -0.140. The number of hydrogen-bond acceptors (Lipinski definition) is 2. The Morgan fingerprint density at radius 3 is 3.00 bits per heavy atom. The maximum atomic E-state index is 13.3. The minimum Gasteiger partial charge on any atom is -0.336 e. The van der Waals surface area contributed by atoms with Gasteiger partial charge in [-0.2, -0.15) is 0 Å². The highest BCUT2D eigenvalue weighted by atomic mass is 19.1. The normalized spacial score (nSPS) is 10.7. The van der Waals surface area contributed by atoms with Gasteiger partial charge in [0.05, 0.1) is 6.33 Å². The fourth-order valence-electron chi connectivity index (χ4n) is 1.61. The number of halogens is 1. The maximum Gasteiger partial charge on any atom is 0.126 e. The first kappa shape index (κ1) is 11.8. The monoisotopic (exact) mass is 233 g/mol. The molecule has 2 rings (SSSR count). The van der Waals surface area contributed by atoms with Gasteiger partial charge in [0.2, 0.25) is 0 Å². The van der Waals surface area contributed by atoms with E-state index in [-0.39, 0.29) is 5.82 Å². The number of aromatic nitrogens is 2. The zero-order valence-electron chi connectivity index (χ0n) is 9.86. The van der Waals surface area contributed by atoms with E-state index in [1.165, 1.54) is 0 Å². The number of aryl methyl sites for hydroxylation is 1. The molecule has 0 amide bonds. The van der Waals surface area contributed by atoms with Crippen molar-refractivity contribution < 1.29 is 4.39 Å². The molecule has 90 valence electrons. The van der Waals surface area contributed by atoms with Gasteiger partial charge in [-0.3, -0.25) is 0 Å². The molecule has 1 heterocycles. The summed E-state index contributed by atoms with van der Waals surface area (Å²) in [7, 11) is 0. The summed E-state index contributed by atoms with van der Waals surface area (Å²) in [5.41, 5.74) is 1.66. The fraction of sp³-hybridized carbons (Fsp3) is 0.308. The van der Waals surface area contributed by atoms with Crippen molar-refractivity contribution in [2.45, 2.75) is 20.0 Å². The van der Waals surface area contributed by atoms with Crippen LogP contribution in [0.25, 0.3) is 0 Å². The molecule has 0 radical (unpaired) electrons. The third-order valence-corrected chi connectivity index (χ3v) is 2.67. The molecule has 0 bridgehead atoms. The second kappa shape index (κ2) is 5.59. The third kappa shape index (κ3) is 3.39. The van der Waals surface area contributed by atoms with Gasteiger partial charge in [0.15, 0.2) is 0 Å². The van der Waals surface area contributed by atoms with Crippen LogP contribution in [0.1, 0.15) is 11.1 Å². The number of nitrogens with zero attached hydrogens (tertiary/aromatic N) is 2. The summed E-state index contributed by atoms with van der Waals surface area (Å²) < 4.78 is 15.3. The van der Waals surface area contributed by atoms with Crippen LogP contribution in [0.2, 0.25) is 0 Å². The van der Waals surface area contributed by atoms with Crippen molar-refractivity contribution in [1.82, 2.24) is 14.9 Å². The lowest BCUT2D eigenvalue weighted by molar-refractivity contribution is 0.589. The number of hydrogen-bond donors (Lipinski definition) is 1. The van der Waals surface area contributed by atoms with Gasteiger partial charge < -0.3 is 9.88 Å². The molecule has 0 aliphatic rings. The number of imidazole rings is 1. The van der Waals surface area contributed by atoms with Crippen LogP contribution in [0.3, 0.4) is 0 Å². The lowest BCUT2D eigenvalue weighted by Crippen LogP contribution is -2.19. The molecular formula is C13H16FN3. The Kier molecular flexibility index (Phi) is 3.88. The molecular weight excluding hydrogens is 217 g/mol. The van der Waals surface area contributed by atoms with Gasteiger partial charge in [-0.15, -0.1) is 0 Å². The highest BCUT2D eigenvalue weighted by Gasteiger charge is 1.98. The zero-order chi connectivity index (χ0) is 12.1. The van der Waals surface area contributed by atoms with Gasteiger partial charge in [0.1, 0.15) is 5.82 Å². The number of nitrogens with one attached hydrogen (secondary N) is 1. The highest BCUT2D eigenvalue weighted by molar-refractivity contribution is 5.23. The summed E-state index contributed by atoms with van der Waals surface area (Å²) in [6.07, 6.45) is 5.47. The molecule has 17 heavy (non-hydrogen) atoms. The van der Waals surface area contributed by atoms with Crippen LogP contribution in [-0.2, 0) is 13.1 Å². The Bertz CT molecular complexity index is 466. The Morgan fingerprint density at radius 1 is 1.41 bits per heavy atom. The van der Waals surface area contributed by atoms with Crippen LogP contribution in [0, 0.1) is 12.7 Å². The summed E-state index contributed by atoms with van der Waals surface area (Å²) in [6.45, 7) is 4.16. The predicted molar refractivity (Wildman–Crippen MR) is 65.1 cm³/mol. The van der Waals surface area contributed by atoms with E-state index in [4.69, 9.17) is 0 Å². The van der Waals surface area contributed by atoms with E-state index in [1.54, 1.807) is 25.5 Å². The summed E-state index contributed by atoms with van der Waals surface area (Å²) >= 11 is 0. The van der Waals surface area contributed by atoms with Gasteiger partial charge in [-0.05, 0) is 24.1 Å². The van der Waals surface area contributed by atoms with Crippen molar-refractivity contribution in [1.29, 1.82) is 0 Å². The molecule has 0 aliphatic heterocycles.